The number of hydrogen-bond acceptors (Lipinski definition) is 9. The molecule has 0 bridgehead atoms. The largest absolute Gasteiger partial charge is 0.493 e. The van der Waals surface area contributed by atoms with E-state index in [2.05, 4.69) is 16.7 Å². The lowest BCUT2D eigenvalue weighted by molar-refractivity contribution is -0.385. The Morgan fingerprint density at radius 3 is 2.62 bits per heavy atom. The van der Waals surface area contributed by atoms with E-state index in [4.69, 9.17) is 18.7 Å². The molecule has 34 heavy (non-hydrogen) atoms. The number of carbonyl (C=O) groups is 1. The molecule has 0 N–H and O–H groups in total. The van der Waals surface area contributed by atoms with Crippen LogP contribution in [0.1, 0.15) is 11.5 Å². The Bertz CT molecular complexity index is 1190. The minimum absolute atomic E-state index is 0.0198. The third kappa shape index (κ3) is 5.68. The standard InChI is InChI=1S/C23H24N4O7/c1-5-10-26(22(28)14-33-17-7-8-18(27(29)30)15(2)11-17)13-21-24-23(25-34-21)16-6-9-19(31-3)20(12-16)32-4/h5-9,11-12H,1,10,13-14H2,2-4H3. The van der Waals surface area contributed by atoms with Crippen LogP contribution in [0.2, 0.25) is 0 Å². The van der Waals surface area contributed by atoms with E-state index in [1.165, 1.54) is 30.2 Å². The maximum atomic E-state index is 12.7. The second-order valence-corrected chi connectivity index (χ2v) is 7.14. The van der Waals surface area contributed by atoms with Gasteiger partial charge in [-0.05, 0) is 37.3 Å². The molecular formula is C23H24N4O7. The molecule has 3 aromatic rings. The van der Waals surface area contributed by atoms with Crippen LogP contribution in [-0.2, 0) is 11.3 Å². The van der Waals surface area contributed by atoms with E-state index in [1.807, 2.05) is 0 Å². The van der Waals surface area contributed by atoms with Crippen LogP contribution in [0.15, 0.2) is 53.6 Å². The normalized spacial score (nSPS) is 10.4. The lowest BCUT2D eigenvalue weighted by Crippen LogP contribution is -2.34. The predicted molar refractivity (Wildman–Crippen MR) is 122 cm³/mol. The van der Waals surface area contributed by atoms with E-state index in [0.717, 1.165) is 0 Å². The van der Waals surface area contributed by atoms with Crippen LogP contribution in [0, 0.1) is 17.0 Å². The van der Waals surface area contributed by atoms with Crippen molar-refractivity contribution in [3.05, 3.63) is 70.6 Å². The number of benzene rings is 2. The van der Waals surface area contributed by atoms with Gasteiger partial charge in [0.15, 0.2) is 18.1 Å². The average Bonchev–Trinajstić information content (AvgIpc) is 3.30. The van der Waals surface area contributed by atoms with Crippen LogP contribution in [0.5, 0.6) is 17.2 Å². The van der Waals surface area contributed by atoms with Crippen LogP contribution < -0.4 is 14.2 Å². The fourth-order valence-electron chi connectivity index (χ4n) is 3.14. The summed E-state index contributed by atoms with van der Waals surface area (Å²) in [7, 11) is 3.07. The molecule has 0 aliphatic rings. The number of nitrogens with zero attached hydrogens (tertiary/aromatic N) is 4. The van der Waals surface area contributed by atoms with Crippen LogP contribution in [-0.4, -0.2) is 53.2 Å². The van der Waals surface area contributed by atoms with Gasteiger partial charge < -0.3 is 23.6 Å². The van der Waals surface area contributed by atoms with E-state index >= 15 is 0 Å². The van der Waals surface area contributed by atoms with Crippen LogP contribution in [0.3, 0.4) is 0 Å². The maximum Gasteiger partial charge on any atom is 0.272 e. The Balaban J connectivity index is 1.67. The van der Waals surface area contributed by atoms with Gasteiger partial charge in [0, 0.05) is 23.7 Å². The second-order valence-electron chi connectivity index (χ2n) is 7.14. The van der Waals surface area contributed by atoms with E-state index in [1.54, 1.807) is 38.3 Å². The zero-order chi connectivity index (χ0) is 24.7. The number of amides is 1. The first kappa shape index (κ1) is 24.2. The number of nitro groups is 1. The first-order valence-corrected chi connectivity index (χ1v) is 10.2. The van der Waals surface area contributed by atoms with Crippen molar-refractivity contribution in [3.63, 3.8) is 0 Å². The molecule has 11 nitrogen and oxygen atoms in total. The lowest BCUT2D eigenvalue weighted by atomic mass is 10.2. The van der Waals surface area contributed by atoms with Crippen molar-refractivity contribution in [2.24, 2.45) is 0 Å². The minimum Gasteiger partial charge on any atom is -0.493 e. The van der Waals surface area contributed by atoms with Gasteiger partial charge in [0.25, 0.3) is 11.6 Å². The fourth-order valence-corrected chi connectivity index (χ4v) is 3.14. The molecule has 3 rings (SSSR count). The van der Waals surface area contributed by atoms with E-state index in [0.29, 0.717) is 34.2 Å². The first-order chi connectivity index (χ1) is 16.4. The molecule has 0 fully saturated rings. The van der Waals surface area contributed by atoms with Crippen molar-refractivity contribution < 1.29 is 28.5 Å². The summed E-state index contributed by atoms with van der Waals surface area (Å²) in [6.45, 7) is 5.28. The highest BCUT2D eigenvalue weighted by molar-refractivity contribution is 5.78. The number of methoxy groups -OCH3 is 2. The predicted octanol–water partition coefficient (Wildman–Crippen LogP) is 3.56. The summed E-state index contributed by atoms with van der Waals surface area (Å²) >= 11 is 0. The molecule has 0 aliphatic heterocycles. The van der Waals surface area contributed by atoms with Crippen molar-refractivity contribution in [2.75, 3.05) is 27.4 Å². The van der Waals surface area contributed by atoms with E-state index < -0.39 is 4.92 Å². The summed E-state index contributed by atoms with van der Waals surface area (Å²) < 4.78 is 21.4. The Morgan fingerprint density at radius 2 is 1.97 bits per heavy atom. The van der Waals surface area contributed by atoms with Gasteiger partial charge in [-0.25, -0.2) is 0 Å². The quantitative estimate of drug-likeness (QED) is 0.235. The van der Waals surface area contributed by atoms with Crippen LogP contribution in [0.4, 0.5) is 5.69 Å². The number of aryl methyl sites for hydroxylation is 1. The highest BCUT2D eigenvalue weighted by atomic mass is 16.6. The van der Waals surface area contributed by atoms with E-state index in [9.17, 15) is 14.9 Å². The maximum absolute atomic E-state index is 12.7. The molecule has 1 aromatic heterocycles. The average molecular weight is 468 g/mol. The van der Waals surface area contributed by atoms with Gasteiger partial charge in [-0.3, -0.25) is 14.9 Å². The van der Waals surface area contributed by atoms with Gasteiger partial charge >= 0.3 is 0 Å². The summed E-state index contributed by atoms with van der Waals surface area (Å²) in [5.74, 6) is 1.66. The molecule has 0 aliphatic carbocycles. The molecule has 0 unspecified atom stereocenters. The molecule has 0 radical (unpaired) electrons. The summed E-state index contributed by atoms with van der Waals surface area (Å²) in [6, 6.07) is 9.52. The Morgan fingerprint density at radius 1 is 1.21 bits per heavy atom. The van der Waals surface area contributed by atoms with Gasteiger partial charge in [0.2, 0.25) is 11.7 Å². The molecule has 1 amide bonds. The number of rotatable bonds is 11. The van der Waals surface area contributed by atoms with Gasteiger partial charge in [0.1, 0.15) is 12.3 Å². The molecule has 1 heterocycles. The third-order valence-corrected chi connectivity index (χ3v) is 4.87. The smallest absolute Gasteiger partial charge is 0.272 e. The molecular weight excluding hydrogens is 444 g/mol. The van der Waals surface area contributed by atoms with Gasteiger partial charge in [-0.2, -0.15) is 4.98 Å². The Labute approximate surface area is 195 Å². The molecule has 11 heteroatoms. The monoisotopic (exact) mass is 468 g/mol. The summed E-state index contributed by atoms with van der Waals surface area (Å²) in [6.07, 6.45) is 1.57. The number of aromatic nitrogens is 2. The Hall–Kier alpha value is -4.41. The zero-order valence-electron chi connectivity index (χ0n) is 19.0. The fraction of sp³-hybridized carbons (Fsp3) is 0.261. The molecule has 178 valence electrons. The summed E-state index contributed by atoms with van der Waals surface area (Å²) in [5.41, 5.74) is 1.08. The number of carbonyl (C=O) groups excluding carboxylic acids is 1. The number of ether oxygens (including phenoxy) is 3. The van der Waals surface area contributed by atoms with Crippen molar-refractivity contribution in [1.29, 1.82) is 0 Å². The Kier molecular flexibility index (Phi) is 7.80. The van der Waals surface area contributed by atoms with Crippen molar-refractivity contribution >= 4 is 11.6 Å². The zero-order valence-corrected chi connectivity index (χ0v) is 19.0. The third-order valence-electron chi connectivity index (χ3n) is 4.87. The minimum atomic E-state index is -0.475. The molecule has 2 aromatic carbocycles. The molecule has 0 saturated carbocycles. The van der Waals surface area contributed by atoms with Crippen molar-refractivity contribution in [2.45, 2.75) is 13.5 Å². The van der Waals surface area contributed by atoms with Gasteiger partial charge in [0.05, 0.1) is 19.1 Å². The molecule has 0 atom stereocenters. The van der Waals surface area contributed by atoms with E-state index in [-0.39, 0.29) is 37.2 Å². The van der Waals surface area contributed by atoms with Gasteiger partial charge in [-0.15, -0.1) is 6.58 Å². The number of nitro benzene ring substituents is 1. The van der Waals surface area contributed by atoms with Crippen molar-refractivity contribution in [1.82, 2.24) is 15.0 Å². The van der Waals surface area contributed by atoms with Crippen LogP contribution >= 0.6 is 0 Å². The number of hydrogen-bond donors (Lipinski definition) is 0. The van der Waals surface area contributed by atoms with Crippen molar-refractivity contribution in [3.8, 4) is 28.6 Å². The molecule has 0 spiro atoms. The second kappa shape index (κ2) is 10.9. The summed E-state index contributed by atoms with van der Waals surface area (Å²) in [5, 5.41) is 14.9. The SMILES string of the molecule is C=CCN(Cc1nc(-c2ccc(OC)c(OC)c2)no1)C(=O)COc1ccc([N+](=O)[O-])c(C)c1. The first-order valence-electron chi connectivity index (χ1n) is 10.2. The summed E-state index contributed by atoms with van der Waals surface area (Å²) in [4.78, 5) is 29.0. The van der Waals surface area contributed by atoms with Gasteiger partial charge in [-0.1, -0.05) is 11.2 Å². The molecule has 0 saturated heterocycles. The van der Waals surface area contributed by atoms with Crippen LogP contribution in [0.25, 0.3) is 11.4 Å². The highest BCUT2D eigenvalue weighted by Crippen LogP contribution is 2.31. The topological polar surface area (TPSA) is 130 Å². The highest BCUT2D eigenvalue weighted by Gasteiger charge is 2.19. The lowest BCUT2D eigenvalue weighted by Gasteiger charge is -2.19.